The molecule has 0 aliphatic rings. The van der Waals surface area contributed by atoms with Gasteiger partial charge in [-0.15, -0.1) is 0 Å². The molecule has 102 valence electrons. The van der Waals surface area contributed by atoms with Gasteiger partial charge in [0.25, 0.3) is 0 Å². The van der Waals surface area contributed by atoms with Crippen LogP contribution in [0.5, 0.6) is 0 Å². The molecule has 0 spiro atoms. The Kier molecular flexibility index (Phi) is 2.72. The smallest absolute Gasteiger partial charge is 0.200 e. The fourth-order valence-corrected chi connectivity index (χ4v) is 2.44. The molecule has 0 fully saturated rings. The Morgan fingerprint density at radius 3 is 2.15 bits per heavy atom. The molecule has 0 N–H and O–H groups in total. The molecule has 20 heavy (non-hydrogen) atoms. The maximum absolute atomic E-state index is 12.7. The predicted molar refractivity (Wildman–Crippen MR) is 83.4 cm³/mol. The van der Waals surface area contributed by atoms with E-state index < -0.39 is 0 Å². The number of hydrogen-bond donors (Lipinski definition) is 0. The van der Waals surface area contributed by atoms with E-state index in [4.69, 9.17) is 4.42 Å². The van der Waals surface area contributed by atoms with Crippen LogP contribution in [-0.4, -0.2) is 0 Å². The Balaban J connectivity index is 2.43. The molecular weight excluding hydrogens is 248 g/mol. The van der Waals surface area contributed by atoms with Crippen LogP contribution in [0.2, 0.25) is 0 Å². The largest absolute Gasteiger partial charge is 0.456 e. The summed E-state index contributed by atoms with van der Waals surface area (Å²) in [5.41, 5.74) is 3.58. The summed E-state index contributed by atoms with van der Waals surface area (Å²) >= 11 is 0. The van der Waals surface area contributed by atoms with Crippen molar-refractivity contribution < 1.29 is 4.42 Å². The lowest BCUT2D eigenvalue weighted by molar-refractivity contribution is 0.590. The maximum Gasteiger partial charge on any atom is 0.200 e. The van der Waals surface area contributed by atoms with Crippen molar-refractivity contribution in [2.45, 2.75) is 33.1 Å². The summed E-state index contributed by atoms with van der Waals surface area (Å²) < 4.78 is 5.85. The third-order valence-electron chi connectivity index (χ3n) is 3.69. The molecule has 0 atom stereocenters. The highest BCUT2D eigenvalue weighted by atomic mass is 16.3. The third kappa shape index (κ3) is 2.01. The van der Waals surface area contributed by atoms with E-state index in [0.717, 1.165) is 11.1 Å². The van der Waals surface area contributed by atoms with E-state index in [9.17, 15) is 4.79 Å². The highest BCUT2D eigenvalue weighted by Gasteiger charge is 2.16. The number of hydrogen-bond acceptors (Lipinski definition) is 2. The van der Waals surface area contributed by atoms with Gasteiger partial charge in [0, 0.05) is 0 Å². The molecule has 3 rings (SSSR count). The lowest BCUT2D eigenvalue weighted by Crippen LogP contribution is -2.12. The van der Waals surface area contributed by atoms with Gasteiger partial charge in [0.05, 0.1) is 10.8 Å². The number of aryl methyl sites for hydroxylation is 1. The number of rotatable bonds is 0. The van der Waals surface area contributed by atoms with Crippen molar-refractivity contribution in [3.05, 3.63) is 57.7 Å². The highest BCUT2D eigenvalue weighted by Crippen LogP contribution is 2.26. The molecule has 1 heterocycles. The topological polar surface area (TPSA) is 30.2 Å². The second-order valence-electron chi connectivity index (χ2n) is 6.39. The molecule has 0 unspecified atom stereocenters. The fourth-order valence-electron chi connectivity index (χ4n) is 2.44. The maximum atomic E-state index is 12.7. The minimum Gasteiger partial charge on any atom is -0.456 e. The zero-order valence-electron chi connectivity index (χ0n) is 12.3. The van der Waals surface area contributed by atoms with Crippen molar-refractivity contribution >= 4 is 21.9 Å². The Hall–Kier alpha value is -2.09. The molecule has 0 aliphatic carbocycles. The normalized spacial score (nSPS) is 12.2. The van der Waals surface area contributed by atoms with Crippen molar-refractivity contribution in [3.8, 4) is 0 Å². The van der Waals surface area contributed by atoms with E-state index in [0.29, 0.717) is 21.9 Å². The fraction of sp³-hybridized carbons (Fsp3) is 0.278. The monoisotopic (exact) mass is 266 g/mol. The first-order valence-corrected chi connectivity index (χ1v) is 6.84. The van der Waals surface area contributed by atoms with Gasteiger partial charge in [0.1, 0.15) is 11.2 Å². The van der Waals surface area contributed by atoms with E-state index in [1.54, 1.807) is 0 Å². The molecular formula is C18H18O2. The van der Waals surface area contributed by atoms with Crippen LogP contribution in [0.25, 0.3) is 21.9 Å². The van der Waals surface area contributed by atoms with Crippen LogP contribution in [0.3, 0.4) is 0 Å². The van der Waals surface area contributed by atoms with Crippen molar-refractivity contribution in [1.82, 2.24) is 0 Å². The van der Waals surface area contributed by atoms with Crippen LogP contribution in [0.15, 0.2) is 45.6 Å². The van der Waals surface area contributed by atoms with Gasteiger partial charge in [-0.05, 0) is 42.2 Å². The van der Waals surface area contributed by atoms with Crippen LogP contribution >= 0.6 is 0 Å². The summed E-state index contributed by atoms with van der Waals surface area (Å²) in [5, 5.41) is 1.32. The SMILES string of the molecule is Cc1ccc2oc3ccc(C(C)(C)C)cc3c(=O)c2c1. The molecule has 0 saturated heterocycles. The van der Waals surface area contributed by atoms with E-state index in [-0.39, 0.29) is 10.8 Å². The second-order valence-corrected chi connectivity index (χ2v) is 6.39. The summed E-state index contributed by atoms with van der Waals surface area (Å²) in [4.78, 5) is 12.7. The molecule has 3 aromatic rings. The molecule has 2 aromatic carbocycles. The molecule has 0 bridgehead atoms. The summed E-state index contributed by atoms with van der Waals surface area (Å²) in [7, 11) is 0. The minimum absolute atomic E-state index is 0.0161. The summed E-state index contributed by atoms with van der Waals surface area (Å²) in [6.07, 6.45) is 0. The Morgan fingerprint density at radius 2 is 1.50 bits per heavy atom. The minimum atomic E-state index is 0.0161. The zero-order chi connectivity index (χ0) is 14.5. The van der Waals surface area contributed by atoms with Gasteiger partial charge < -0.3 is 4.42 Å². The van der Waals surface area contributed by atoms with E-state index >= 15 is 0 Å². The van der Waals surface area contributed by atoms with Gasteiger partial charge in [-0.25, -0.2) is 0 Å². The van der Waals surface area contributed by atoms with Crippen LogP contribution in [0, 0.1) is 6.92 Å². The van der Waals surface area contributed by atoms with E-state index in [1.165, 1.54) is 0 Å². The lowest BCUT2D eigenvalue weighted by Gasteiger charge is -2.19. The van der Waals surface area contributed by atoms with Crippen LogP contribution in [0.1, 0.15) is 31.9 Å². The second kappa shape index (κ2) is 4.20. The van der Waals surface area contributed by atoms with Gasteiger partial charge in [-0.2, -0.15) is 0 Å². The summed E-state index contributed by atoms with van der Waals surface area (Å²) in [6, 6.07) is 11.6. The first-order valence-electron chi connectivity index (χ1n) is 6.84. The van der Waals surface area contributed by atoms with Crippen LogP contribution in [0.4, 0.5) is 0 Å². The highest BCUT2D eigenvalue weighted by molar-refractivity contribution is 5.90. The van der Waals surface area contributed by atoms with Crippen LogP contribution in [-0.2, 0) is 5.41 Å². The van der Waals surface area contributed by atoms with Crippen LogP contribution < -0.4 is 5.43 Å². The first-order chi connectivity index (χ1) is 9.36. The van der Waals surface area contributed by atoms with Gasteiger partial charge in [-0.1, -0.05) is 38.5 Å². The Morgan fingerprint density at radius 1 is 0.900 bits per heavy atom. The summed E-state index contributed by atoms with van der Waals surface area (Å²) in [6.45, 7) is 8.40. The molecule has 2 heteroatoms. The molecule has 2 nitrogen and oxygen atoms in total. The van der Waals surface area contributed by atoms with Crippen molar-refractivity contribution in [1.29, 1.82) is 0 Å². The third-order valence-corrected chi connectivity index (χ3v) is 3.69. The summed E-state index contributed by atoms with van der Waals surface area (Å²) in [5.74, 6) is 0. The van der Waals surface area contributed by atoms with Crippen molar-refractivity contribution in [2.24, 2.45) is 0 Å². The van der Waals surface area contributed by atoms with E-state index in [1.807, 2.05) is 43.3 Å². The lowest BCUT2D eigenvalue weighted by atomic mass is 9.86. The van der Waals surface area contributed by atoms with Gasteiger partial charge in [0.2, 0.25) is 5.43 Å². The molecule has 0 radical (unpaired) electrons. The Bertz CT molecular complexity index is 864. The molecule has 1 aromatic heterocycles. The van der Waals surface area contributed by atoms with Gasteiger partial charge in [0.15, 0.2) is 0 Å². The number of benzene rings is 2. The predicted octanol–water partition coefficient (Wildman–Crippen LogP) is 4.55. The zero-order valence-corrected chi connectivity index (χ0v) is 12.3. The molecule has 0 amide bonds. The first kappa shape index (κ1) is 12.9. The molecule has 0 aliphatic heterocycles. The quantitative estimate of drug-likeness (QED) is 0.559. The standard InChI is InChI=1S/C18H18O2/c1-11-5-7-15-13(9-11)17(19)14-10-12(18(2,3)4)6-8-16(14)20-15/h5-10H,1-4H3. The van der Waals surface area contributed by atoms with Crippen molar-refractivity contribution in [3.63, 3.8) is 0 Å². The van der Waals surface area contributed by atoms with Gasteiger partial charge in [-0.3, -0.25) is 4.79 Å². The Labute approximate surface area is 118 Å². The molecule has 0 saturated carbocycles. The van der Waals surface area contributed by atoms with Gasteiger partial charge >= 0.3 is 0 Å². The number of fused-ring (bicyclic) bond motifs is 2. The average molecular weight is 266 g/mol. The van der Waals surface area contributed by atoms with Crippen molar-refractivity contribution in [2.75, 3.05) is 0 Å². The average Bonchev–Trinajstić information content (AvgIpc) is 2.38. The van der Waals surface area contributed by atoms with E-state index in [2.05, 4.69) is 20.8 Å².